The molecule has 2 N–H and O–H groups in total. The van der Waals surface area contributed by atoms with Gasteiger partial charge in [-0.15, -0.1) is 0 Å². The minimum Gasteiger partial charge on any atom is -0.489 e. The van der Waals surface area contributed by atoms with Crippen LogP contribution in [0.1, 0.15) is 29.3 Å². The van der Waals surface area contributed by atoms with Crippen molar-refractivity contribution in [2.24, 2.45) is 0 Å². The van der Waals surface area contributed by atoms with Gasteiger partial charge in [-0.1, -0.05) is 31.2 Å². The van der Waals surface area contributed by atoms with Gasteiger partial charge in [0.25, 0.3) is 0 Å². The number of anilines is 1. The number of aromatic carboxylic acids is 1. The maximum absolute atomic E-state index is 11.4. The summed E-state index contributed by atoms with van der Waals surface area (Å²) < 4.78 is 5.59. The summed E-state index contributed by atoms with van der Waals surface area (Å²) in [6, 6.07) is 14.1. The number of nitrogens with one attached hydrogen (secondary N) is 1. The predicted octanol–water partition coefficient (Wildman–Crippen LogP) is 3.31. The molecular formula is C17H17NO4. The molecule has 0 aliphatic rings. The molecule has 0 saturated carbocycles. The number of carboxylic acids is 1. The molecule has 0 bridgehead atoms. The second-order valence-corrected chi connectivity index (χ2v) is 4.69. The van der Waals surface area contributed by atoms with Crippen LogP contribution in [0.3, 0.4) is 0 Å². The fraction of sp³-hybridized carbons (Fsp3) is 0.176. The first-order valence-electron chi connectivity index (χ1n) is 6.94. The molecule has 0 radical (unpaired) electrons. The fourth-order valence-corrected chi connectivity index (χ4v) is 1.89. The summed E-state index contributed by atoms with van der Waals surface area (Å²) in [5.41, 5.74) is 1.06. The molecule has 0 atom stereocenters. The molecule has 2 aromatic rings. The van der Waals surface area contributed by atoms with Crippen LogP contribution in [0.4, 0.5) is 5.69 Å². The number of carbonyl (C=O) groups excluding carboxylic acids is 1. The van der Waals surface area contributed by atoms with E-state index in [2.05, 4.69) is 5.32 Å². The van der Waals surface area contributed by atoms with Crippen molar-refractivity contribution >= 4 is 17.6 Å². The first kappa shape index (κ1) is 15.6. The third kappa shape index (κ3) is 4.09. The van der Waals surface area contributed by atoms with Gasteiger partial charge in [0.05, 0.1) is 11.3 Å². The topological polar surface area (TPSA) is 75.6 Å². The molecule has 0 heterocycles. The van der Waals surface area contributed by atoms with Gasteiger partial charge in [0.2, 0.25) is 5.91 Å². The highest BCUT2D eigenvalue weighted by molar-refractivity contribution is 6.00. The molecule has 0 fully saturated rings. The summed E-state index contributed by atoms with van der Waals surface area (Å²) in [4.78, 5) is 22.7. The van der Waals surface area contributed by atoms with Gasteiger partial charge in [-0.05, 0) is 29.8 Å². The highest BCUT2D eigenvalue weighted by Gasteiger charge is 2.13. The number of carboxylic acid groups (broad SMARTS) is 1. The Kier molecular flexibility index (Phi) is 5.14. The average molecular weight is 299 g/mol. The van der Waals surface area contributed by atoms with Gasteiger partial charge in [-0.25, -0.2) is 4.79 Å². The number of rotatable bonds is 6. The Morgan fingerprint density at radius 1 is 1.14 bits per heavy atom. The van der Waals surface area contributed by atoms with Crippen LogP contribution in [-0.2, 0) is 11.4 Å². The van der Waals surface area contributed by atoms with Crippen LogP contribution in [-0.4, -0.2) is 17.0 Å². The fourth-order valence-electron chi connectivity index (χ4n) is 1.89. The van der Waals surface area contributed by atoms with Gasteiger partial charge in [0.15, 0.2) is 0 Å². The molecule has 0 unspecified atom stereocenters. The van der Waals surface area contributed by atoms with Gasteiger partial charge in [-0.2, -0.15) is 0 Å². The third-order valence-electron chi connectivity index (χ3n) is 3.06. The van der Waals surface area contributed by atoms with Crippen molar-refractivity contribution in [1.82, 2.24) is 0 Å². The number of hydrogen-bond donors (Lipinski definition) is 2. The monoisotopic (exact) mass is 299 g/mol. The average Bonchev–Trinajstić information content (AvgIpc) is 2.54. The minimum atomic E-state index is -1.09. The first-order chi connectivity index (χ1) is 10.6. The maximum atomic E-state index is 11.4. The summed E-state index contributed by atoms with van der Waals surface area (Å²) in [6.45, 7) is 1.96. The van der Waals surface area contributed by atoms with Crippen molar-refractivity contribution in [3.8, 4) is 5.75 Å². The summed E-state index contributed by atoms with van der Waals surface area (Å²) in [5, 5.41) is 11.9. The van der Waals surface area contributed by atoms with Crippen LogP contribution in [0, 0.1) is 0 Å². The van der Waals surface area contributed by atoms with E-state index in [1.54, 1.807) is 19.1 Å². The smallest absolute Gasteiger partial charge is 0.337 e. The van der Waals surface area contributed by atoms with Crippen molar-refractivity contribution in [3.05, 3.63) is 59.7 Å². The SMILES string of the molecule is CCC(=O)Nc1ccc(COc2ccccc2)cc1C(=O)O. The molecule has 0 saturated heterocycles. The Labute approximate surface area is 128 Å². The van der Waals surface area contributed by atoms with E-state index >= 15 is 0 Å². The normalized spacial score (nSPS) is 10.0. The first-order valence-corrected chi connectivity index (χ1v) is 6.94. The van der Waals surface area contributed by atoms with E-state index in [9.17, 15) is 14.7 Å². The number of benzene rings is 2. The summed E-state index contributed by atoms with van der Waals surface area (Å²) in [6.07, 6.45) is 0.290. The van der Waals surface area contributed by atoms with Gasteiger partial charge >= 0.3 is 5.97 Å². The quantitative estimate of drug-likeness (QED) is 0.858. The zero-order chi connectivity index (χ0) is 15.9. The Morgan fingerprint density at radius 2 is 1.86 bits per heavy atom. The molecule has 1 amide bonds. The molecule has 0 aliphatic carbocycles. The van der Waals surface area contributed by atoms with Crippen LogP contribution in [0.5, 0.6) is 5.75 Å². The Bertz CT molecular complexity index is 668. The van der Waals surface area contributed by atoms with Gasteiger partial charge < -0.3 is 15.2 Å². The van der Waals surface area contributed by atoms with E-state index in [-0.39, 0.29) is 24.5 Å². The van der Waals surface area contributed by atoms with E-state index in [0.717, 1.165) is 5.56 Å². The minimum absolute atomic E-state index is 0.0518. The van der Waals surface area contributed by atoms with E-state index in [4.69, 9.17) is 4.74 Å². The molecular weight excluding hydrogens is 282 g/mol. The van der Waals surface area contributed by atoms with Crippen molar-refractivity contribution < 1.29 is 19.4 Å². The second-order valence-electron chi connectivity index (χ2n) is 4.69. The van der Waals surface area contributed by atoms with Crippen molar-refractivity contribution in [2.75, 3.05) is 5.32 Å². The highest BCUT2D eigenvalue weighted by atomic mass is 16.5. The van der Waals surface area contributed by atoms with Crippen LogP contribution in [0.2, 0.25) is 0 Å². The molecule has 5 nitrogen and oxygen atoms in total. The van der Waals surface area contributed by atoms with Crippen LogP contribution in [0.15, 0.2) is 48.5 Å². The van der Waals surface area contributed by atoms with Crippen LogP contribution < -0.4 is 10.1 Å². The Hall–Kier alpha value is -2.82. The summed E-state index contributed by atoms with van der Waals surface area (Å²) >= 11 is 0. The maximum Gasteiger partial charge on any atom is 0.337 e. The number of ether oxygens (including phenoxy) is 1. The molecule has 0 aromatic heterocycles. The van der Waals surface area contributed by atoms with E-state index in [1.807, 2.05) is 30.3 Å². The van der Waals surface area contributed by atoms with Gasteiger partial charge in [-0.3, -0.25) is 4.79 Å². The third-order valence-corrected chi connectivity index (χ3v) is 3.06. The number of amides is 1. The molecule has 0 spiro atoms. The zero-order valence-corrected chi connectivity index (χ0v) is 12.2. The lowest BCUT2D eigenvalue weighted by Crippen LogP contribution is -2.13. The van der Waals surface area contributed by atoms with Crippen LogP contribution >= 0.6 is 0 Å². The Balaban J connectivity index is 2.15. The lowest BCUT2D eigenvalue weighted by Gasteiger charge is -2.11. The van der Waals surface area contributed by atoms with Crippen molar-refractivity contribution in [3.63, 3.8) is 0 Å². The predicted molar refractivity (Wildman–Crippen MR) is 83.1 cm³/mol. The molecule has 114 valence electrons. The van der Waals surface area contributed by atoms with E-state index in [1.165, 1.54) is 6.07 Å². The Morgan fingerprint density at radius 3 is 2.50 bits per heavy atom. The van der Waals surface area contributed by atoms with Crippen molar-refractivity contribution in [1.29, 1.82) is 0 Å². The van der Waals surface area contributed by atoms with Gasteiger partial charge in [0, 0.05) is 6.42 Å². The summed E-state index contributed by atoms with van der Waals surface area (Å²) in [7, 11) is 0. The van der Waals surface area contributed by atoms with E-state index in [0.29, 0.717) is 11.4 Å². The van der Waals surface area contributed by atoms with E-state index < -0.39 is 5.97 Å². The lowest BCUT2D eigenvalue weighted by atomic mass is 10.1. The van der Waals surface area contributed by atoms with Crippen molar-refractivity contribution in [2.45, 2.75) is 20.0 Å². The summed E-state index contributed by atoms with van der Waals surface area (Å²) in [5.74, 6) is -0.605. The number of hydrogen-bond acceptors (Lipinski definition) is 3. The second kappa shape index (κ2) is 7.26. The number of carbonyl (C=O) groups is 2. The lowest BCUT2D eigenvalue weighted by molar-refractivity contribution is -0.115. The molecule has 22 heavy (non-hydrogen) atoms. The molecule has 5 heteroatoms. The largest absolute Gasteiger partial charge is 0.489 e. The number of para-hydroxylation sites is 1. The molecule has 2 aromatic carbocycles. The molecule has 2 rings (SSSR count). The highest BCUT2D eigenvalue weighted by Crippen LogP contribution is 2.20. The standard InChI is InChI=1S/C17H17NO4/c1-2-16(19)18-15-9-8-12(10-14(15)17(20)21)11-22-13-6-4-3-5-7-13/h3-10H,2,11H2,1H3,(H,18,19)(H,20,21). The van der Waals surface area contributed by atoms with Gasteiger partial charge in [0.1, 0.15) is 12.4 Å². The zero-order valence-electron chi connectivity index (χ0n) is 12.2. The van der Waals surface area contributed by atoms with Crippen LogP contribution in [0.25, 0.3) is 0 Å². The molecule has 0 aliphatic heterocycles.